The van der Waals surface area contributed by atoms with E-state index in [9.17, 15) is 0 Å². The Kier molecular flexibility index (Phi) is 6.06. The Bertz CT molecular complexity index is 385. The third kappa shape index (κ3) is 4.60. The van der Waals surface area contributed by atoms with Gasteiger partial charge in [-0.3, -0.25) is 4.90 Å². The van der Waals surface area contributed by atoms with Crippen molar-refractivity contribution < 1.29 is 0 Å². The van der Waals surface area contributed by atoms with Crippen LogP contribution in [0.5, 0.6) is 0 Å². The molecule has 1 saturated heterocycles. The summed E-state index contributed by atoms with van der Waals surface area (Å²) >= 11 is 0. The molecular weight excluding hydrogens is 244 g/mol. The van der Waals surface area contributed by atoms with Crippen molar-refractivity contribution in [2.24, 2.45) is 5.92 Å². The van der Waals surface area contributed by atoms with Gasteiger partial charge in [0.25, 0.3) is 0 Å². The molecule has 0 spiro atoms. The lowest BCUT2D eigenvalue weighted by atomic mass is 10.00. The fraction of sp³-hybridized carbons (Fsp3) is 0.667. The number of hydrogen-bond donors (Lipinski definition) is 1. The predicted octanol–water partition coefficient (Wildman–Crippen LogP) is 3.63. The molecule has 0 aromatic heterocycles. The summed E-state index contributed by atoms with van der Waals surface area (Å²) in [6, 6.07) is 9.24. The fourth-order valence-electron chi connectivity index (χ4n) is 3.11. The maximum Gasteiger partial charge on any atom is 0.0233 e. The molecule has 0 radical (unpaired) electrons. The summed E-state index contributed by atoms with van der Waals surface area (Å²) in [6.07, 6.45) is 4.12. The van der Waals surface area contributed by atoms with Gasteiger partial charge in [-0.1, -0.05) is 38.1 Å². The first-order chi connectivity index (χ1) is 9.69. The average Bonchev–Trinajstić information content (AvgIpc) is 2.65. The number of rotatable bonds is 5. The number of benzene rings is 1. The van der Waals surface area contributed by atoms with Gasteiger partial charge in [-0.05, 0) is 62.4 Å². The summed E-state index contributed by atoms with van der Waals surface area (Å²) in [7, 11) is 2.02. The zero-order valence-electron chi connectivity index (χ0n) is 13.4. The second kappa shape index (κ2) is 7.80. The van der Waals surface area contributed by atoms with Crippen LogP contribution in [0.2, 0.25) is 0 Å². The van der Waals surface area contributed by atoms with E-state index in [0.29, 0.717) is 5.92 Å². The minimum atomic E-state index is 0.591. The van der Waals surface area contributed by atoms with Crippen LogP contribution in [0, 0.1) is 5.92 Å². The van der Waals surface area contributed by atoms with E-state index in [1.807, 2.05) is 7.05 Å². The molecule has 1 aromatic rings. The normalized spacial score (nSPS) is 22.4. The molecule has 2 heteroatoms. The summed E-state index contributed by atoms with van der Waals surface area (Å²) in [5.41, 5.74) is 2.90. The number of nitrogens with zero attached hydrogens (tertiary/aromatic N) is 1. The Morgan fingerprint density at radius 1 is 1.20 bits per heavy atom. The van der Waals surface area contributed by atoms with Gasteiger partial charge in [-0.25, -0.2) is 0 Å². The lowest BCUT2D eigenvalue weighted by Crippen LogP contribution is -2.24. The highest BCUT2D eigenvalue weighted by molar-refractivity contribution is 5.25. The van der Waals surface area contributed by atoms with Crippen molar-refractivity contribution in [1.82, 2.24) is 10.2 Å². The molecule has 1 aliphatic rings. The molecule has 1 N–H and O–H groups in total. The summed E-state index contributed by atoms with van der Waals surface area (Å²) in [4.78, 5) is 2.62. The average molecular weight is 274 g/mol. The van der Waals surface area contributed by atoms with Crippen LogP contribution in [0.3, 0.4) is 0 Å². The van der Waals surface area contributed by atoms with Crippen LogP contribution >= 0.6 is 0 Å². The molecule has 2 rings (SSSR count). The highest BCUT2D eigenvalue weighted by Gasteiger charge is 2.14. The van der Waals surface area contributed by atoms with Gasteiger partial charge in [0.1, 0.15) is 0 Å². The van der Waals surface area contributed by atoms with Gasteiger partial charge in [0.05, 0.1) is 0 Å². The topological polar surface area (TPSA) is 15.3 Å². The van der Waals surface area contributed by atoms with Crippen LogP contribution in [0.4, 0.5) is 0 Å². The molecule has 20 heavy (non-hydrogen) atoms. The molecule has 2 nitrogen and oxygen atoms in total. The van der Waals surface area contributed by atoms with E-state index in [4.69, 9.17) is 0 Å². The van der Waals surface area contributed by atoms with Crippen molar-refractivity contribution in [2.75, 3.05) is 26.7 Å². The van der Waals surface area contributed by atoms with Crippen molar-refractivity contribution in [2.45, 2.75) is 45.6 Å². The lowest BCUT2D eigenvalue weighted by Gasteiger charge is -2.20. The lowest BCUT2D eigenvalue weighted by molar-refractivity contribution is 0.273. The van der Waals surface area contributed by atoms with Crippen molar-refractivity contribution in [3.05, 3.63) is 35.4 Å². The quantitative estimate of drug-likeness (QED) is 0.882. The van der Waals surface area contributed by atoms with Crippen LogP contribution in [-0.4, -0.2) is 31.6 Å². The molecule has 2 atom stereocenters. The van der Waals surface area contributed by atoms with Gasteiger partial charge in [-0.15, -0.1) is 0 Å². The molecular formula is C18H30N2. The number of likely N-dealkylation sites (N-methyl/N-ethyl adjacent to an activating group) is 1. The van der Waals surface area contributed by atoms with Crippen LogP contribution in [0.15, 0.2) is 24.3 Å². The van der Waals surface area contributed by atoms with E-state index < -0.39 is 0 Å². The number of likely N-dealkylation sites (tertiary alicyclic amines) is 1. The molecule has 0 amide bonds. The standard InChI is InChI=1S/C18H30N2/c1-15-5-4-11-20(12-10-15)14-17-6-8-18(9-7-17)16(2)13-19-3/h6-9,15-16,19H,4-5,10-14H2,1-3H3. The Balaban J connectivity index is 1.89. The van der Waals surface area contributed by atoms with Crippen LogP contribution in [0.1, 0.15) is 50.2 Å². The van der Waals surface area contributed by atoms with Crippen molar-refractivity contribution in [3.63, 3.8) is 0 Å². The minimum Gasteiger partial charge on any atom is -0.319 e. The molecule has 2 unspecified atom stereocenters. The van der Waals surface area contributed by atoms with Crippen LogP contribution in [0.25, 0.3) is 0 Å². The van der Waals surface area contributed by atoms with E-state index >= 15 is 0 Å². The minimum absolute atomic E-state index is 0.591. The molecule has 1 fully saturated rings. The second-order valence-electron chi connectivity index (χ2n) is 6.51. The van der Waals surface area contributed by atoms with E-state index in [2.05, 4.69) is 48.3 Å². The Morgan fingerprint density at radius 3 is 2.65 bits per heavy atom. The summed E-state index contributed by atoms with van der Waals surface area (Å²) in [6.45, 7) is 9.36. The van der Waals surface area contributed by atoms with Gasteiger partial charge in [0.2, 0.25) is 0 Å². The first-order valence-corrected chi connectivity index (χ1v) is 8.15. The zero-order chi connectivity index (χ0) is 14.4. The number of nitrogens with one attached hydrogen (secondary N) is 1. The zero-order valence-corrected chi connectivity index (χ0v) is 13.4. The predicted molar refractivity (Wildman–Crippen MR) is 87.1 cm³/mol. The Hall–Kier alpha value is -0.860. The van der Waals surface area contributed by atoms with Gasteiger partial charge in [-0.2, -0.15) is 0 Å². The molecule has 0 bridgehead atoms. The van der Waals surface area contributed by atoms with Crippen LogP contribution < -0.4 is 5.32 Å². The Labute approximate surface area is 124 Å². The first-order valence-electron chi connectivity index (χ1n) is 8.15. The van der Waals surface area contributed by atoms with Gasteiger partial charge < -0.3 is 5.32 Å². The van der Waals surface area contributed by atoms with Crippen molar-refractivity contribution in [3.8, 4) is 0 Å². The van der Waals surface area contributed by atoms with Crippen molar-refractivity contribution in [1.29, 1.82) is 0 Å². The van der Waals surface area contributed by atoms with Gasteiger partial charge in [0, 0.05) is 13.1 Å². The summed E-state index contributed by atoms with van der Waals surface area (Å²) in [5, 5.41) is 3.25. The molecule has 1 aromatic carbocycles. The van der Waals surface area contributed by atoms with Gasteiger partial charge >= 0.3 is 0 Å². The SMILES string of the molecule is CNCC(C)c1ccc(CN2CCCC(C)CC2)cc1. The summed E-state index contributed by atoms with van der Waals surface area (Å²) in [5.74, 6) is 1.50. The Morgan fingerprint density at radius 2 is 1.95 bits per heavy atom. The smallest absolute Gasteiger partial charge is 0.0233 e. The van der Waals surface area contributed by atoms with Crippen molar-refractivity contribution >= 4 is 0 Å². The maximum absolute atomic E-state index is 3.25. The van der Waals surface area contributed by atoms with Gasteiger partial charge in [0.15, 0.2) is 0 Å². The molecule has 112 valence electrons. The largest absolute Gasteiger partial charge is 0.319 e. The fourth-order valence-corrected chi connectivity index (χ4v) is 3.11. The second-order valence-corrected chi connectivity index (χ2v) is 6.51. The van der Waals surface area contributed by atoms with E-state index in [-0.39, 0.29) is 0 Å². The van der Waals surface area contributed by atoms with E-state index in [1.54, 1.807) is 0 Å². The molecule has 1 aliphatic heterocycles. The third-order valence-electron chi connectivity index (χ3n) is 4.57. The maximum atomic E-state index is 3.25. The summed E-state index contributed by atoms with van der Waals surface area (Å²) < 4.78 is 0. The number of hydrogen-bond acceptors (Lipinski definition) is 2. The van der Waals surface area contributed by atoms with E-state index in [1.165, 1.54) is 43.5 Å². The van der Waals surface area contributed by atoms with E-state index in [0.717, 1.165) is 19.0 Å². The third-order valence-corrected chi connectivity index (χ3v) is 4.57. The highest BCUT2D eigenvalue weighted by Crippen LogP contribution is 2.19. The molecule has 0 aliphatic carbocycles. The molecule has 0 saturated carbocycles. The molecule has 1 heterocycles. The monoisotopic (exact) mass is 274 g/mol. The van der Waals surface area contributed by atoms with Crippen LogP contribution in [-0.2, 0) is 6.54 Å². The first kappa shape index (κ1) is 15.5. The highest BCUT2D eigenvalue weighted by atomic mass is 15.1.